The van der Waals surface area contributed by atoms with Crippen molar-refractivity contribution < 1.29 is 9.90 Å². The zero-order valence-electron chi connectivity index (χ0n) is 12.2. The standard InChI is InChI=1S/C16H21N3O2/c1-19(11-13-4-2-12(10-17)3-5-13)16(21)18-14-6-8-15(20)9-7-14/h2-5,14-15,20H,6-9,11H2,1H3,(H,18,21). The van der Waals surface area contributed by atoms with Gasteiger partial charge in [0.2, 0.25) is 0 Å². The van der Waals surface area contributed by atoms with E-state index in [0.717, 1.165) is 31.2 Å². The molecule has 21 heavy (non-hydrogen) atoms. The molecule has 0 heterocycles. The Morgan fingerprint density at radius 2 is 1.95 bits per heavy atom. The van der Waals surface area contributed by atoms with Gasteiger partial charge in [-0.25, -0.2) is 4.79 Å². The van der Waals surface area contributed by atoms with Crippen LogP contribution in [0.5, 0.6) is 0 Å². The molecule has 0 saturated heterocycles. The third-order valence-electron chi connectivity index (χ3n) is 3.87. The van der Waals surface area contributed by atoms with Crippen molar-refractivity contribution in [2.45, 2.75) is 44.4 Å². The molecule has 2 rings (SSSR count). The first-order chi connectivity index (χ1) is 10.1. The van der Waals surface area contributed by atoms with Gasteiger partial charge in [0, 0.05) is 19.6 Å². The van der Waals surface area contributed by atoms with E-state index in [2.05, 4.69) is 11.4 Å². The smallest absolute Gasteiger partial charge is 0.317 e. The van der Waals surface area contributed by atoms with Crippen LogP contribution in [0.15, 0.2) is 24.3 Å². The van der Waals surface area contributed by atoms with Crippen LogP contribution < -0.4 is 5.32 Å². The summed E-state index contributed by atoms with van der Waals surface area (Å²) in [6, 6.07) is 9.36. The van der Waals surface area contributed by atoms with Crippen molar-refractivity contribution in [1.29, 1.82) is 5.26 Å². The number of hydrogen-bond donors (Lipinski definition) is 2. The summed E-state index contributed by atoms with van der Waals surface area (Å²) < 4.78 is 0. The second-order valence-electron chi connectivity index (χ2n) is 5.62. The average Bonchev–Trinajstić information content (AvgIpc) is 2.50. The molecular formula is C16H21N3O2. The summed E-state index contributed by atoms with van der Waals surface area (Å²) in [5.74, 6) is 0. The molecule has 5 nitrogen and oxygen atoms in total. The Hall–Kier alpha value is -2.06. The summed E-state index contributed by atoms with van der Waals surface area (Å²) >= 11 is 0. The molecule has 0 radical (unpaired) electrons. The average molecular weight is 287 g/mol. The van der Waals surface area contributed by atoms with E-state index in [1.54, 1.807) is 24.1 Å². The third-order valence-corrected chi connectivity index (χ3v) is 3.87. The number of urea groups is 1. The molecule has 0 unspecified atom stereocenters. The predicted molar refractivity (Wildman–Crippen MR) is 79.4 cm³/mol. The van der Waals surface area contributed by atoms with Crippen molar-refractivity contribution in [1.82, 2.24) is 10.2 Å². The summed E-state index contributed by atoms with van der Waals surface area (Å²) in [4.78, 5) is 13.8. The summed E-state index contributed by atoms with van der Waals surface area (Å²) in [6.45, 7) is 0.507. The predicted octanol–water partition coefficient (Wildman–Crippen LogP) is 2.00. The number of rotatable bonds is 3. The fourth-order valence-electron chi connectivity index (χ4n) is 2.54. The Balaban J connectivity index is 1.83. The fraction of sp³-hybridized carbons (Fsp3) is 0.500. The van der Waals surface area contributed by atoms with E-state index in [4.69, 9.17) is 5.26 Å². The zero-order valence-corrected chi connectivity index (χ0v) is 12.2. The number of carbonyl (C=O) groups is 1. The van der Waals surface area contributed by atoms with E-state index < -0.39 is 0 Å². The Kier molecular flexibility index (Phi) is 5.18. The molecule has 1 aromatic rings. The van der Waals surface area contributed by atoms with Crippen LogP contribution in [0.2, 0.25) is 0 Å². The van der Waals surface area contributed by atoms with Crippen LogP contribution in [0, 0.1) is 11.3 Å². The normalized spacial score (nSPS) is 21.4. The molecule has 1 aliphatic carbocycles. The number of carbonyl (C=O) groups excluding carboxylic acids is 1. The molecule has 0 aromatic heterocycles. The summed E-state index contributed by atoms with van der Waals surface area (Å²) in [5.41, 5.74) is 1.61. The van der Waals surface area contributed by atoms with Crippen LogP contribution in [0.4, 0.5) is 4.79 Å². The van der Waals surface area contributed by atoms with Crippen molar-refractivity contribution in [2.24, 2.45) is 0 Å². The second kappa shape index (κ2) is 7.09. The van der Waals surface area contributed by atoms with E-state index in [0.29, 0.717) is 12.1 Å². The van der Waals surface area contributed by atoms with E-state index in [9.17, 15) is 9.90 Å². The van der Waals surface area contributed by atoms with Gasteiger partial charge in [-0.15, -0.1) is 0 Å². The lowest BCUT2D eigenvalue weighted by atomic mass is 9.93. The first-order valence-corrected chi connectivity index (χ1v) is 7.27. The van der Waals surface area contributed by atoms with Gasteiger partial charge in [0.15, 0.2) is 0 Å². The van der Waals surface area contributed by atoms with Gasteiger partial charge in [0.1, 0.15) is 0 Å². The number of benzene rings is 1. The highest BCUT2D eigenvalue weighted by Gasteiger charge is 2.21. The van der Waals surface area contributed by atoms with Crippen LogP contribution in [0.3, 0.4) is 0 Å². The van der Waals surface area contributed by atoms with Crippen LogP contribution in [0.1, 0.15) is 36.8 Å². The van der Waals surface area contributed by atoms with Gasteiger partial charge in [0.25, 0.3) is 0 Å². The number of nitriles is 1. The van der Waals surface area contributed by atoms with Crippen LogP contribution in [-0.4, -0.2) is 35.2 Å². The lowest BCUT2D eigenvalue weighted by Gasteiger charge is -2.28. The minimum Gasteiger partial charge on any atom is -0.393 e. The number of nitrogens with one attached hydrogen (secondary N) is 1. The van der Waals surface area contributed by atoms with Crippen molar-refractivity contribution in [3.8, 4) is 6.07 Å². The molecule has 1 fully saturated rings. The van der Waals surface area contributed by atoms with Crippen molar-refractivity contribution in [3.63, 3.8) is 0 Å². The van der Waals surface area contributed by atoms with Gasteiger partial charge < -0.3 is 15.3 Å². The molecule has 1 saturated carbocycles. The molecule has 1 aromatic carbocycles. The Morgan fingerprint density at radius 1 is 1.33 bits per heavy atom. The summed E-state index contributed by atoms with van der Waals surface area (Å²) in [7, 11) is 1.76. The van der Waals surface area contributed by atoms with Gasteiger partial charge in [-0.2, -0.15) is 5.26 Å². The van der Waals surface area contributed by atoms with Crippen LogP contribution >= 0.6 is 0 Å². The molecule has 0 aliphatic heterocycles. The van der Waals surface area contributed by atoms with E-state index in [-0.39, 0.29) is 18.2 Å². The molecule has 0 spiro atoms. The number of amides is 2. The zero-order chi connectivity index (χ0) is 15.2. The molecule has 2 N–H and O–H groups in total. The number of hydrogen-bond acceptors (Lipinski definition) is 3. The second-order valence-corrected chi connectivity index (χ2v) is 5.62. The van der Waals surface area contributed by atoms with Gasteiger partial charge in [-0.3, -0.25) is 0 Å². The van der Waals surface area contributed by atoms with Crippen molar-refractivity contribution in [3.05, 3.63) is 35.4 Å². The Labute approximate surface area is 125 Å². The molecule has 2 amide bonds. The lowest BCUT2D eigenvalue weighted by Crippen LogP contribution is -2.44. The monoisotopic (exact) mass is 287 g/mol. The molecule has 112 valence electrons. The maximum Gasteiger partial charge on any atom is 0.317 e. The van der Waals surface area contributed by atoms with E-state index in [1.165, 1.54) is 0 Å². The van der Waals surface area contributed by atoms with Gasteiger partial charge >= 0.3 is 6.03 Å². The summed E-state index contributed by atoms with van der Waals surface area (Å²) in [6.07, 6.45) is 2.96. The lowest BCUT2D eigenvalue weighted by molar-refractivity contribution is 0.115. The quantitative estimate of drug-likeness (QED) is 0.892. The van der Waals surface area contributed by atoms with Crippen LogP contribution in [-0.2, 0) is 6.54 Å². The van der Waals surface area contributed by atoms with E-state index in [1.807, 2.05) is 12.1 Å². The van der Waals surface area contributed by atoms with Crippen molar-refractivity contribution >= 4 is 6.03 Å². The summed E-state index contributed by atoms with van der Waals surface area (Å²) in [5, 5.41) is 21.2. The highest BCUT2D eigenvalue weighted by Crippen LogP contribution is 2.18. The number of nitrogens with zero attached hydrogens (tertiary/aromatic N) is 2. The Bertz CT molecular complexity index is 513. The first-order valence-electron chi connectivity index (χ1n) is 7.27. The van der Waals surface area contributed by atoms with Crippen molar-refractivity contribution in [2.75, 3.05) is 7.05 Å². The molecule has 5 heteroatoms. The highest BCUT2D eigenvalue weighted by molar-refractivity contribution is 5.74. The minimum atomic E-state index is -0.213. The Morgan fingerprint density at radius 3 is 2.52 bits per heavy atom. The minimum absolute atomic E-state index is 0.0965. The molecule has 0 bridgehead atoms. The maximum atomic E-state index is 12.1. The fourth-order valence-corrected chi connectivity index (χ4v) is 2.54. The molecule has 0 atom stereocenters. The SMILES string of the molecule is CN(Cc1ccc(C#N)cc1)C(=O)NC1CCC(O)CC1. The first kappa shape index (κ1) is 15.3. The van der Waals surface area contributed by atoms with E-state index >= 15 is 0 Å². The number of aliphatic hydroxyl groups is 1. The highest BCUT2D eigenvalue weighted by atomic mass is 16.3. The van der Waals surface area contributed by atoms with Gasteiger partial charge in [0.05, 0.1) is 17.7 Å². The van der Waals surface area contributed by atoms with Gasteiger partial charge in [-0.05, 0) is 43.4 Å². The largest absolute Gasteiger partial charge is 0.393 e. The third kappa shape index (κ3) is 4.47. The van der Waals surface area contributed by atoms with Gasteiger partial charge in [-0.1, -0.05) is 12.1 Å². The topological polar surface area (TPSA) is 76.4 Å². The number of aliphatic hydroxyl groups excluding tert-OH is 1. The van der Waals surface area contributed by atoms with Crippen LogP contribution in [0.25, 0.3) is 0 Å². The molecular weight excluding hydrogens is 266 g/mol. The maximum absolute atomic E-state index is 12.1. The molecule has 1 aliphatic rings.